The molecule has 96 valence electrons. The molecular formula is C14H12BrN3S. The van der Waals surface area contributed by atoms with Crippen LogP contribution in [0.1, 0.15) is 4.88 Å². The molecular weight excluding hydrogens is 322 g/mol. The van der Waals surface area contributed by atoms with E-state index in [0.717, 1.165) is 28.1 Å². The lowest BCUT2D eigenvalue weighted by Gasteiger charge is -2.07. The van der Waals surface area contributed by atoms with Crippen LogP contribution < -0.4 is 5.73 Å². The predicted molar refractivity (Wildman–Crippen MR) is 83.2 cm³/mol. The Kier molecular flexibility index (Phi) is 3.40. The van der Waals surface area contributed by atoms with Gasteiger partial charge in [-0.3, -0.25) is 0 Å². The third-order valence-electron chi connectivity index (χ3n) is 2.81. The largest absolute Gasteiger partial charge is 0.399 e. The molecule has 3 aromatic rings. The maximum Gasteiger partial charge on any atom is 0.140 e. The standard InChI is InChI=1S/C14H12BrN3S/c15-11-7-13(19-9-11)8-18-5-4-17-14(18)10-2-1-3-12(16)6-10/h1-7,9H,8,16H2. The third-order valence-corrected chi connectivity index (χ3v) is 4.49. The molecule has 1 aromatic carbocycles. The lowest BCUT2D eigenvalue weighted by molar-refractivity contribution is 0.820. The number of imidazole rings is 1. The zero-order valence-corrected chi connectivity index (χ0v) is 12.5. The summed E-state index contributed by atoms with van der Waals surface area (Å²) < 4.78 is 3.26. The van der Waals surface area contributed by atoms with E-state index in [1.54, 1.807) is 11.3 Å². The number of halogens is 1. The van der Waals surface area contributed by atoms with Gasteiger partial charge in [0.2, 0.25) is 0 Å². The summed E-state index contributed by atoms with van der Waals surface area (Å²) in [4.78, 5) is 5.72. The highest BCUT2D eigenvalue weighted by Crippen LogP contribution is 2.24. The molecule has 0 amide bonds. The van der Waals surface area contributed by atoms with Crippen LogP contribution in [0.25, 0.3) is 11.4 Å². The van der Waals surface area contributed by atoms with Crippen molar-refractivity contribution in [2.24, 2.45) is 0 Å². The van der Waals surface area contributed by atoms with Crippen molar-refractivity contribution in [2.45, 2.75) is 6.54 Å². The van der Waals surface area contributed by atoms with E-state index in [1.807, 2.05) is 36.7 Å². The lowest BCUT2D eigenvalue weighted by Crippen LogP contribution is -1.99. The molecule has 0 atom stereocenters. The first-order valence-corrected chi connectivity index (χ1v) is 7.49. The van der Waals surface area contributed by atoms with E-state index in [1.165, 1.54) is 4.88 Å². The fraction of sp³-hybridized carbons (Fsp3) is 0.0714. The Morgan fingerprint density at radius 3 is 2.95 bits per heavy atom. The average molecular weight is 334 g/mol. The Morgan fingerprint density at radius 2 is 2.21 bits per heavy atom. The maximum atomic E-state index is 5.83. The SMILES string of the molecule is Nc1cccc(-c2nccn2Cc2cc(Br)cs2)c1. The maximum absolute atomic E-state index is 5.83. The fourth-order valence-corrected chi connectivity index (χ4v) is 3.43. The van der Waals surface area contributed by atoms with Crippen LogP contribution in [0.4, 0.5) is 5.69 Å². The van der Waals surface area contributed by atoms with Crippen molar-refractivity contribution >= 4 is 33.0 Å². The highest BCUT2D eigenvalue weighted by atomic mass is 79.9. The Labute approximate surface area is 123 Å². The molecule has 5 heteroatoms. The van der Waals surface area contributed by atoms with E-state index in [0.29, 0.717) is 0 Å². The van der Waals surface area contributed by atoms with Crippen LogP contribution in [0.3, 0.4) is 0 Å². The van der Waals surface area contributed by atoms with Gasteiger partial charge in [0.15, 0.2) is 0 Å². The van der Waals surface area contributed by atoms with Gasteiger partial charge in [0, 0.05) is 38.4 Å². The first-order chi connectivity index (χ1) is 9.22. The number of aromatic nitrogens is 2. The van der Waals surface area contributed by atoms with Gasteiger partial charge >= 0.3 is 0 Å². The van der Waals surface area contributed by atoms with Crippen LogP contribution in [-0.4, -0.2) is 9.55 Å². The van der Waals surface area contributed by atoms with Gasteiger partial charge in [-0.25, -0.2) is 4.98 Å². The van der Waals surface area contributed by atoms with Gasteiger partial charge in [0.25, 0.3) is 0 Å². The number of thiophene rings is 1. The number of hydrogen-bond acceptors (Lipinski definition) is 3. The van der Waals surface area contributed by atoms with Crippen molar-refractivity contribution < 1.29 is 0 Å². The number of benzene rings is 1. The van der Waals surface area contributed by atoms with Crippen molar-refractivity contribution in [3.05, 3.63) is 57.5 Å². The molecule has 0 radical (unpaired) electrons. The number of anilines is 1. The summed E-state index contributed by atoms with van der Waals surface area (Å²) in [5.41, 5.74) is 7.63. The van der Waals surface area contributed by atoms with E-state index in [2.05, 4.69) is 36.9 Å². The second kappa shape index (κ2) is 5.19. The smallest absolute Gasteiger partial charge is 0.140 e. The van der Waals surface area contributed by atoms with Crippen LogP contribution in [0.5, 0.6) is 0 Å². The number of hydrogen-bond donors (Lipinski definition) is 1. The third kappa shape index (κ3) is 2.72. The lowest BCUT2D eigenvalue weighted by atomic mass is 10.2. The molecule has 2 heterocycles. The first kappa shape index (κ1) is 12.4. The summed E-state index contributed by atoms with van der Waals surface area (Å²) >= 11 is 5.21. The van der Waals surface area contributed by atoms with Crippen molar-refractivity contribution in [2.75, 3.05) is 5.73 Å². The highest BCUT2D eigenvalue weighted by Gasteiger charge is 2.07. The van der Waals surface area contributed by atoms with E-state index in [4.69, 9.17) is 5.73 Å². The molecule has 0 saturated heterocycles. The van der Waals surface area contributed by atoms with Gasteiger partial charge < -0.3 is 10.3 Å². The summed E-state index contributed by atoms with van der Waals surface area (Å²) in [6.07, 6.45) is 3.81. The molecule has 3 nitrogen and oxygen atoms in total. The van der Waals surface area contributed by atoms with Crippen molar-refractivity contribution in [3.63, 3.8) is 0 Å². The first-order valence-electron chi connectivity index (χ1n) is 5.82. The number of nitrogens with two attached hydrogens (primary N) is 1. The van der Waals surface area contributed by atoms with Crippen LogP contribution in [0, 0.1) is 0 Å². The Hall–Kier alpha value is -1.59. The number of nitrogens with zero attached hydrogens (tertiary/aromatic N) is 2. The highest BCUT2D eigenvalue weighted by molar-refractivity contribution is 9.10. The Bertz CT molecular complexity index is 702. The summed E-state index contributed by atoms with van der Waals surface area (Å²) in [7, 11) is 0. The predicted octanol–water partition coefficient (Wildman–Crippen LogP) is 4.00. The molecule has 2 N–H and O–H groups in total. The minimum atomic E-state index is 0.755. The quantitative estimate of drug-likeness (QED) is 0.736. The zero-order valence-electron chi connectivity index (χ0n) is 10.1. The monoisotopic (exact) mass is 333 g/mol. The minimum absolute atomic E-state index is 0.755. The molecule has 0 aliphatic rings. The van der Waals surface area contributed by atoms with Gasteiger partial charge in [-0.05, 0) is 34.1 Å². The molecule has 0 unspecified atom stereocenters. The molecule has 2 aromatic heterocycles. The average Bonchev–Trinajstić information content (AvgIpc) is 2.99. The Morgan fingerprint density at radius 1 is 1.32 bits per heavy atom. The summed E-state index contributed by atoms with van der Waals surface area (Å²) in [6.45, 7) is 0.820. The molecule has 0 bridgehead atoms. The van der Waals surface area contributed by atoms with E-state index in [9.17, 15) is 0 Å². The molecule has 0 fully saturated rings. The molecule has 0 spiro atoms. The van der Waals surface area contributed by atoms with Crippen molar-refractivity contribution in [3.8, 4) is 11.4 Å². The van der Waals surface area contributed by atoms with Crippen LogP contribution in [0.2, 0.25) is 0 Å². The van der Waals surface area contributed by atoms with Gasteiger partial charge in [-0.2, -0.15) is 0 Å². The van der Waals surface area contributed by atoms with Crippen molar-refractivity contribution in [1.82, 2.24) is 9.55 Å². The van der Waals surface area contributed by atoms with E-state index >= 15 is 0 Å². The molecule has 19 heavy (non-hydrogen) atoms. The second-order valence-corrected chi connectivity index (χ2v) is 6.15. The second-order valence-electron chi connectivity index (χ2n) is 4.24. The molecule has 0 aliphatic heterocycles. The fourth-order valence-electron chi connectivity index (χ4n) is 1.98. The topological polar surface area (TPSA) is 43.8 Å². The number of nitrogen functional groups attached to an aromatic ring is 1. The van der Waals surface area contributed by atoms with E-state index < -0.39 is 0 Å². The molecule has 3 rings (SSSR count). The summed E-state index contributed by atoms with van der Waals surface area (Å²) in [5.74, 6) is 0.942. The number of rotatable bonds is 3. The minimum Gasteiger partial charge on any atom is -0.399 e. The normalized spacial score (nSPS) is 10.8. The van der Waals surface area contributed by atoms with Gasteiger partial charge in [0.1, 0.15) is 5.82 Å². The summed E-state index contributed by atoms with van der Waals surface area (Å²) in [5, 5.41) is 2.09. The van der Waals surface area contributed by atoms with Gasteiger partial charge in [0.05, 0.1) is 6.54 Å². The van der Waals surface area contributed by atoms with Gasteiger partial charge in [-0.15, -0.1) is 11.3 Å². The molecule has 0 saturated carbocycles. The van der Waals surface area contributed by atoms with E-state index in [-0.39, 0.29) is 0 Å². The van der Waals surface area contributed by atoms with Gasteiger partial charge in [-0.1, -0.05) is 12.1 Å². The Balaban J connectivity index is 1.94. The van der Waals surface area contributed by atoms with Crippen LogP contribution >= 0.6 is 27.3 Å². The zero-order chi connectivity index (χ0) is 13.2. The van der Waals surface area contributed by atoms with Crippen LogP contribution in [-0.2, 0) is 6.54 Å². The summed E-state index contributed by atoms with van der Waals surface area (Å²) in [6, 6.07) is 9.94. The van der Waals surface area contributed by atoms with Crippen LogP contribution in [0.15, 0.2) is 52.6 Å². The molecule has 0 aliphatic carbocycles. The van der Waals surface area contributed by atoms with Crippen molar-refractivity contribution in [1.29, 1.82) is 0 Å².